The van der Waals surface area contributed by atoms with Crippen molar-refractivity contribution in [2.45, 2.75) is 13.1 Å². The van der Waals surface area contributed by atoms with E-state index in [9.17, 15) is 18.0 Å². The van der Waals surface area contributed by atoms with Crippen molar-refractivity contribution in [2.75, 3.05) is 19.6 Å². The third kappa shape index (κ3) is 5.18. The zero-order chi connectivity index (χ0) is 13.1. The van der Waals surface area contributed by atoms with E-state index in [1.807, 2.05) is 0 Å². The first-order valence-corrected chi connectivity index (χ1v) is 6.50. The minimum Gasteiger partial charge on any atom is -0.292 e. The van der Waals surface area contributed by atoms with Crippen molar-refractivity contribution in [2.24, 2.45) is 0 Å². The highest BCUT2D eigenvalue weighted by Crippen LogP contribution is 2.23. The number of hydrogen-bond acceptors (Lipinski definition) is 3. The van der Waals surface area contributed by atoms with Gasteiger partial charge in [0.25, 0.3) is 0 Å². The molecule has 1 rings (SSSR count). The molecule has 96 valence electrons. The molecule has 0 aliphatic heterocycles. The summed E-state index contributed by atoms with van der Waals surface area (Å²) in [5, 5.41) is 0. The highest BCUT2D eigenvalue weighted by atomic mass is 79.9. The van der Waals surface area contributed by atoms with Gasteiger partial charge in [-0.1, -0.05) is 6.92 Å². The van der Waals surface area contributed by atoms with E-state index >= 15 is 0 Å². The largest absolute Gasteiger partial charge is 0.401 e. The quantitative estimate of drug-likeness (QED) is 0.769. The molecule has 0 saturated heterocycles. The Labute approximate surface area is 110 Å². The Morgan fingerprint density at radius 3 is 2.53 bits per heavy atom. The maximum atomic E-state index is 12.2. The summed E-state index contributed by atoms with van der Waals surface area (Å²) in [4.78, 5) is 13.2. The fourth-order valence-electron chi connectivity index (χ4n) is 1.28. The van der Waals surface area contributed by atoms with E-state index in [0.717, 1.165) is 8.69 Å². The number of halogens is 4. The highest BCUT2D eigenvalue weighted by Gasteiger charge is 2.31. The van der Waals surface area contributed by atoms with Crippen LogP contribution in [0.3, 0.4) is 0 Å². The smallest absolute Gasteiger partial charge is 0.292 e. The SMILES string of the molecule is CCN(CC(=O)c1ccc(Br)s1)CC(F)(F)F. The predicted molar refractivity (Wildman–Crippen MR) is 64.5 cm³/mol. The monoisotopic (exact) mass is 329 g/mol. The summed E-state index contributed by atoms with van der Waals surface area (Å²) in [6, 6.07) is 3.32. The second-order valence-corrected chi connectivity index (χ2v) is 5.91. The Morgan fingerprint density at radius 2 is 2.12 bits per heavy atom. The molecule has 0 spiro atoms. The minimum atomic E-state index is -4.27. The first-order valence-electron chi connectivity index (χ1n) is 4.89. The molecule has 0 bridgehead atoms. The van der Waals surface area contributed by atoms with Crippen LogP contribution in [0.25, 0.3) is 0 Å². The summed E-state index contributed by atoms with van der Waals surface area (Å²) in [6.07, 6.45) is -4.27. The summed E-state index contributed by atoms with van der Waals surface area (Å²) in [5.74, 6) is -0.285. The fourth-order valence-corrected chi connectivity index (χ4v) is 2.59. The van der Waals surface area contributed by atoms with Crippen molar-refractivity contribution in [1.82, 2.24) is 4.90 Å². The molecule has 1 heterocycles. The van der Waals surface area contributed by atoms with Gasteiger partial charge < -0.3 is 0 Å². The van der Waals surface area contributed by atoms with E-state index in [-0.39, 0.29) is 18.9 Å². The van der Waals surface area contributed by atoms with Crippen molar-refractivity contribution in [3.63, 3.8) is 0 Å². The summed E-state index contributed by atoms with van der Waals surface area (Å²) in [6.45, 7) is 0.534. The van der Waals surface area contributed by atoms with E-state index in [1.165, 1.54) is 11.3 Å². The molecule has 17 heavy (non-hydrogen) atoms. The maximum absolute atomic E-state index is 12.2. The van der Waals surface area contributed by atoms with Crippen LogP contribution in [0.5, 0.6) is 0 Å². The van der Waals surface area contributed by atoms with E-state index in [4.69, 9.17) is 0 Å². The Balaban J connectivity index is 2.60. The molecular weight excluding hydrogens is 319 g/mol. The fraction of sp³-hybridized carbons (Fsp3) is 0.500. The van der Waals surface area contributed by atoms with Crippen LogP contribution in [-0.2, 0) is 0 Å². The number of thiophene rings is 1. The highest BCUT2D eigenvalue weighted by molar-refractivity contribution is 9.11. The zero-order valence-electron chi connectivity index (χ0n) is 9.05. The summed E-state index contributed by atoms with van der Waals surface area (Å²) in [5.41, 5.74) is 0. The van der Waals surface area contributed by atoms with Gasteiger partial charge in [0.1, 0.15) is 0 Å². The van der Waals surface area contributed by atoms with Gasteiger partial charge in [0.2, 0.25) is 0 Å². The molecule has 0 aliphatic carbocycles. The molecule has 1 aromatic heterocycles. The molecule has 0 amide bonds. The molecule has 0 aliphatic rings. The van der Waals surface area contributed by atoms with Gasteiger partial charge in [-0.3, -0.25) is 9.69 Å². The van der Waals surface area contributed by atoms with E-state index < -0.39 is 12.7 Å². The van der Waals surface area contributed by atoms with Gasteiger partial charge in [-0.15, -0.1) is 11.3 Å². The Morgan fingerprint density at radius 1 is 1.47 bits per heavy atom. The lowest BCUT2D eigenvalue weighted by atomic mass is 10.3. The van der Waals surface area contributed by atoms with Crippen LogP contribution in [0.2, 0.25) is 0 Å². The molecular formula is C10H11BrF3NOS. The third-order valence-corrected chi connectivity index (χ3v) is 3.73. The number of Topliss-reactive ketones (excluding diaryl/α,β-unsaturated/α-hetero) is 1. The average Bonchev–Trinajstić information content (AvgIpc) is 2.61. The number of nitrogens with zero attached hydrogens (tertiary/aromatic N) is 1. The van der Waals surface area contributed by atoms with Gasteiger partial charge in [-0.2, -0.15) is 13.2 Å². The molecule has 2 nitrogen and oxygen atoms in total. The Kier molecular flexibility index (Phi) is 5.15. The molecule has 0 radical (unpaired) electrons. The first-order chi connectivity index (χ1) is 7.81. The lowest BCUT2D eigenvalue weighted by molar-refractivity contribution is -0.144. The van der Waals surface area contributed by atoms with Crippen molar-refractivity contribution >= 4 is 33.0 Å². The minimum absolute atomic E-state index is 0.192. The zero-order valence-corrected chi connectivity index (χ0v) is 11.5. The van der Waals surface area contributed by atoms with Crippen molar-refractivity contribution in [3.05, 3.63) is 20.8 Å². The van der Waals surface area contributed by atoms with Crippen LogP contribution in [0, 0.1) is 0 Å². The molecule has 0 atom stereocenters. The van der Waals surface area contributed by atoms with Gasteiger partial charge in [0.05, 0.1) is 21.8 Å². The Bertz CT molecular complexity index is 391. The van der Waals surface area contributed by atoms with Crippen LogP contribution < -0.4 is 0 Å². The predicted octanol–water partition coefficient (Wildman–Crippen LogP) is 3.58. The third-order valence-electron chi connectivity index (χ3n) is 2.07. The van der Waals surface area contributed by atoms with Gasteiger partial charge >= 0.3 is 6.18 Å². The summed E-state index contributed by atoms with van der Waals surface area (Å²) < 4.78 is 37.4. The normalized spacial score (nSPS) is 12.1. The molecule has 7 heteroatoms. The van der Waals surface area contributed by atoms with E-state index in [0.29, 0.717) is 4.88 Å². The molecule has 0 saturated carbocycles. The molecule has 0 fully saturated rings. The van der Waals surface area contributed by atoms with Crippen molar-refractivity contribution in [3.8, 4) is 0 Å². The van der Waals surface area contributed by atoms with E-state index in [2.05, 4.69) is 15.9 Å². The van der Waals surface area contributed by atoms with Crippen molar-refractivity contribution < 1.29 is 18.0 Å². The topological polar surface area (TPSA) is 20.3 Å². The number of likely N-dealkylation sites (N-methyl/N-ethyl adjacent to an activating group) is 1. The van der Waals surface area contributed by atoms with Crippen LogP contribution in [-0.4, -0.2) is 36.5 Å². The van der Waals surface area contributed by atoms with E-state index in [1.54, 1.807) is 19.1 Å². The lowest BCUT2D eigenvalue weighted by Crippen LogP contribution is -2.37. The molecule has 0 N–H and O–H groups in total. The van der Waals surface area contributed by atoms with Gasteiger partial charge in [-0.05, 0) is 34.6 Å². The average molecular weight is 330 g/mol. The second kappa shape index (κ2) is 5.97. The van der Waals surface area contributed by atoms with Crippen molar-refractivity contribution in [1.29, 1.82) is 0 Å². The molecule has 0 aromatic carbocycles. The number of alkyl halides is 3. The number of carbonyl (C=O) groups is 1. The number of rotatable bonds is 5. The van der Waals surface area contributed by atoms with Gasteiger partial charge in [0, 0.05) is 0 Å². The van der Waals surface area contributed by atoms with Crippen LogP contribution >= 0.6 is 27.3 Å². The standard InChI is InChI=1S/C10H11BrF3NOS/c1-2-15(6-10(12,13)14)5-7(16)8-3-4-9(11)17-8/h3-4H,2,5-6H2,1H3. The van der Waals surface area contributed by atoms with Crippen LogP contribution in [0.15, 0.2) is 15.9 Å². The molecule has 1 aromatic rings. The number of carbonyl (C=O) groups excluding carboxylic acids is 1. The second-order valence-electron chi connectivity index (χ2n) is 3.45. The summed E-state index contributed by atoms with van der Waals surface area (Å²) in [7, 11) is 0. The van der Waals surface area contributed by atoms with Gasteiger partial charge in [-0.25, -0.2) is 0 Å². The van der Waals surface area contributed by atoms with Crippen LogP contribution in [0.1, 0.15) is 16.6 Å². The first kappa shape index (κ1) is 14.7. The summed E-state index contributed by atoms with van der Waals surface area (Å²) >= 11 is 4.43. The maximum Gasteiger partial charge on any atom is 0.401 e. The Hall–Kier alpha value is -0.400. The lowest BCUT2D eigenvalue weighted by Gasteiger charge is -2.20. The van der Waals surface area contributed by atoms with Crippen LogP contribution in [0.4, 0.5) is 13.2 Å². The molecule has 0 unspecified atom stereocenters. The number of ketones is 1. The van der Waals surface area contributed by atoms with Gasteiger partial charge in [0.15, 0.2) is 5.78 Å². The number of hydrogen-bond donors (Lipinski definition) is 0.